The monoisotopic (exact) mass is 642 g/mol. The van der Waals surface area contributed by atoms with Gasteiger partial charge in [-0.05, 0) is 72.4 Å². The summed E-state index contributed by atoms with van der Waals surface area (Å²) in [6, 6.07) is 9.83. The van der Waals surface area contributed by atoms with Crippen LogP contribution in [-0.2, 0) is 19.0 Å². The lowest BCUT2D eigenvalue weighted by Crippen LogP contribution is -2.49. The number of carbonyl (C=O) groups excluding carboxylic acids is 2. The molecular formula is C33H46N2O7SSi. The number of amides is 2. The Morgan fingerprint density at radius 1 is 1.16 bits per heavy atom. The van der Waals surface area contributed by atoms with Crippen molar-refractivity contribution in [3.05, 3.63) is 71.8 Å². The van der Waals surface area contributed by atoms with Crippen LogP contribution >= 0.6 is 0 Å². The van der Waals surface area contributed by atoms with Crippen LogP contribution in [0.15, 0.2) is 60.0 Å². The van der Waals surface area contributed by atoms with E-state index >= 15 is 0 Å². The molecular weight excluding hydrogens is 597 g/mol. The highest BCUT2D eigenvalue weighted by Crippen LogP contribution is 2.38. The minimum Gasteiger partial charge on any atom is -0.496 e. The molecule has 1 aliphatic heterocycles. The normalized spacial score (nSPS) is 15.8. The van der Waals surface area contributed by atoms with E-state index in [0.717, 1.165) is 16.7 Å². The van der Waals surface area contributed by atoms with Crippen LogP contribution in [0.25, 0.3) is 5.57 Å². The second-order valence-electron chi connectivity index (χ2n) is 12.4. The molecule has 44 heavy (non-hydrogen) atoms. The third-order valence-corrected chi connectivity index (χ3v) is 14.6. The molecule has 0 bridgehead atoms. The first-order valence-electron chi connectivity index (χ1n) is 14.8. The topological polar surface area (TPSA) is 111 Å². The lowest BCUT2D eigenvalue weighted by molar-refractivity contribution is 0.0655. The molecule has 0 aliphatic carbocycles. The van der Waals surface area contributed by atoms with Gasteiger partial charge in [-0.25, -0.2) is 13.2 Å². The molecule has 1 N–H and O–H groups in total. The van der Waals surface area contributed by atoms with Crippen LogP contribution in [-0.4, -0.2) is 72.3 Å². The SMILES string of the molecule is C=CCOC(=O)Nc1cc(C)c(OC)cc1C(=O)N1CCC(c2ccc(S(=O)(=O)CC)cc2)=C[C@H]1CO[Si](C)(C)C(C)(C)C. The third kappa shape index (κ3) is 8.19. The molecule has 0 spiro atoms. The molecule has 0 saturated heterocycles. The molecule has 9 nitrogen and oxygen atoms in total. The highest BCUT2D eigenvalue weighted by atomic mass is 32.2. The van der Waals surface area contributed by atoms with Crippen LogP contribution in [0.2, 0.25) is 18.1 Å². The zero-order chi connectivity index (χ0) is 32.9. The first-order valence-corrected chi connectivity index (χ1v) is 19.3. The fourth-order valence-electron chi connectivity index (χ4n) is 4.62. The molecule has 2 aromatic carbocycles. The van der Waals surface area contributed by atoms with Crippen LogP contribution in [0.4, 0.5) is 10.5 Å². The molecule has 0 radical (unpaired) electrons. The summed E-state index contributed by atoms with van der Waals surface area (Å²) in [5.74, 6) is 0.264. The van der Waals surface area contributed by atoms with Gasteiger partial charge in [-0.1, -0.05) is 58.6 Å². The number of methoxy groups -OCH3 is 1. The number of hydrogen-bond donors (Lipinski definition) is 1. The second kappa shape index (κ2) is 14.1. The van der Waals surface area contributed by atoms with Gasteiger partial charge in [0.25, 0.3) is 5.91 Å². The van der Waals surface area contributed by atoms with E-state index in [2.05, 4.69) is 45.8 Å². The molecule has 1 heterocycles. The number of anilines is 1. The molecule has 3 rings (SSSR count). The number of benzene rings is 2. The minimum absolute atomic E-state index is 0.0299. The average Bonchev–Trinajstić information content (AvgIpc) is 2.98. The van der Waals surface area contributed by atoms with E-state index < -0.39 is 30.3 Å². The first kappa shape index (κ1) is 35.1. The zero-order valence-electron chi connectivity index (χ0n) is 27.2. The van der Waals surface area contributed by atoms with Crippen molar-refractivity contribution in [1.29, 1.82) is 0 Å². The summed E-state index contributed by atoms with van der Waals surface area (Å²) in [7, 11) is -3.95. The van der Waals surface area contributed by atoms with E-state index in [0.29, 0.717) is 31.0 Å². The predicted octanol–water partition coefficient (Wildman–Crippen LogP) is 6.85. The number of sulfone groups is 1. The fourth-order valence-corrected chi connectivity index (χ4v) is 6.52. The van der Waals surface area contributed by atoms with Crippen molar-refractivity contribution in [3.8, 4) is 5.75 Å². The van der Waals surface area contributed by atoms with Crippen molar-refractivity contribution in [3.63, 3.8) is 0 Å². The standard InChI is InChI=1S/C33H46N2O7SSi/c1-10-18-41-32(37)34-29-19-23(3)30(40-7)21-28(29)31(36)35-17-16-25(20-26(35)22-42-44(8,9)33(4,5)6)24-12-14-27(15-13-24)43(38,39)11-2/h10,12-15,19-21,26H,1,11,16-18,22H2,2-9H3,(H,34,37)/t26-/m0/s1. The van der Waals surface area contributed by atoms with Crippen molar-refractivity contribution in [2.45, 2.75) is 70.1 Å². The minimum atomic E-state index is -3.31. The van der Waals surface area contributed by atoms with Gasteiger partial charge in [0.05, 0.1) is 41.7 Å². The number of rotatable bonds is 11. The highest BCUT2D eigenvalue weighted by Gasteiger charge is 2.39. The van der Waals surface area contributed by atoms with Crippen LogP contribution in [0.3, 0.4) is 0 Å². The van der Waals surface area contributed by atoms with E-state index in [9.17, 15) is 18.0 Å². The van der Waals surface area contributed by atoms with Gasteiger partial charge in [-0.15, -0.1) is 0 Å². The molecule has 0 saturated carbocycles. The summed E-state index contributed by atoms with van der Waals surface area (Å²) >= 11 is 0. The van der Waals surface area contributed by atoms with Crippen LogP contribution in [0.1, 0.15) is 55.6 Å². The van der Waals surface area contributed by atoms with Gasteiger partial charge in [0.15, 0.2) is 18.2 Å². The van der Waals surface area contributed by atoms with E-state index in [1.807, 2.05) is 25.1 Å². The average molecular weight is 643 g/mol. The molecule has 1 atom stereocenters. The summed E-state index contributed by atoms with van der Waals surface area (Å²) in [6.07, 6.45) is 3.35. The maximum absolute atomic E-state index is 14.3. The predicted molar refractivity (Wildman–Crippen MR) is 178 cm³/mol. The third-order valence-electron chi connectivity index (χ3n) is 8.40. The van der Waals surface area contributed by atoms with Crippen LogP contribution in [0, 0.1) is 6.92 Å². The number of aryl methyl sites for hydroxylation is 1. The Bertz CT molecular complexity index is 1510. The molecule has 0 unspecified atom stereocenters. The van der Waals surface area contributed by atoms with Crippen molar-refractivity contribution in [2.75, 3.05) is 37.9 Å². The summed E-state index contributed by atoms with van der Waals surface area (Å²) in [4.78, 5) is 28.8. The maximum Gasteiger partial charge on any atom is 0.411 e. The quantitative estimate of drug-likeness (QED) is 0.211. The second-order valence-corrected chi connectivity index (χ2v) is 19.5. The number of carbonyl (C=O) groups is 2. The maximum atomic E-state index is 14.3. The van der Waals surface area contributed by atoms with Gasteiger partial charge < -0.3 is 18.8 Å². The van der Waals surface area contributed by atoms with Gasteiger partial charge in [0.1, 0.15) is 12.4 Å². The van der Waals surface area contributed by atoms with Crippen LogP contribution in [0.5, 0.6) is 5.75 Å². The lowest BCUT2D eigenvalue weighted by Gasteiger charge is -2.40. The summed E-state index contributed by atoms with van der Waals surface area (Å²) in [6.45, 7) is 18.6. The van der Waals surface area contributed by atoms with Crippen molar-refractivity contribution < 1.29 is 31.9 Å². The lowest BCUT2D eigenvalue weighted by atomic mass is 9.95. The molecule has 2 aromatic rings. The Labute approximate surface area is 263 Å². The van der Waals surface area contributed by atoms with Gasteiger partial charge >= 0.3 is 6.09 Å². The zero-order valence-corrected chi connectivity index (χ0v) is 29.0. The van der Waals surface area contributed by atoms with Gasteiger partial charge in [0, 0.05) is 6.54 Å². The van der Waals surface area contributed by atoms with Crippen molar-refractivity contribution >= 4 is 41.4 Å². The molecule has 2 amide bonds. The summed E-state index contributed by atoms with van der Waals surface area (Å²) in [5.41, 5.74) is 3.23. The Hall–Kier alpha value is -3.41. The molecule has 0 fully saturated rings. The largest absolute Gasteiger partial charge is 0.496 e. The van der Waals surface area contributed by atoms with Gasteiger partial charge in [-0.2, -0.15) is 0 Å². The molecule has 11 heteroatoms. The number of nitrogens with zero attached hydrogens (tertiary/aromatic N) is 1. The fraction of sp³-hybridized carbons (Fsp3) is 0.455. The highest BCUT2D eigenvalue weighted by molar-refractivity contribution is 7.91. The summed E-state index contributed by atoms with van der Waals surface area (Å²) < 4.78 is 41.9. The Kier molecular flexibility index (Phi) is 11.3. The summed E-state index contributed by atoms with van der Waals surface area (Å²) in [5, 5.41) is 2.67. The van der Waals surface area contributed by atoms with E-state index in [4.69, 9.17) is 13.9 Å². The Morgan fingerprint density at radius 3 is 2.39 bits per heavy atom. The van der Waals surface area contributed by atoms with Crippen molar-refractivity contribution in [2.24, 2.45) is 0 Å². The molecule has 1 aliphatic rings. The van der Waals surface area contributed by atoms with E-state index in [1.165, 1.54) is 13.2 Å². The Balaban J connectivity index is 2.04. The van der Waals surface area contributed by atoms with Gasteiger partial charge in [0.2, 0.25) is 0 Å². The first-order chi connectivity index (χ1) is 20.5. The van der Waals surface area contributed by atoms with Gasteiger partial charge in [-0.3, -0.25) is 10.1 Å². The molecule has 240 valence electrons. The van der Waals surface area contributed by atoms with Crippen LogP contribution < -0.4 is 10.1 Å². The van der Waals surface area contributed by atoms with E-state index in [1.54, 1.807) is 36.1 Å². The number of hydrogen-bond acceptors (Lipinski definition) is 7. The Morgan fingerprint density at radius 2 is 1.82 bits per heavy atom. The number of ether oxygens (including phenoxy) is 2. The van der Waals surface area contributed by atoms with Crippen molar-refractivity contribution in [1.82, 2.24) is 4.90 Å². The number of nitrogens with one attached hydrogen (secondary N) is 1. The smallest absolute Gasteiger partial charge is 0.411 e. The van der Waals surface area contributed by atoms with E-state index in [-0.39, 0.29) is 33.8 Å². The molecule has 0 aromatic heterocycles.